The van der Waals surface area contributed by atoms with Crippen LogP contribution in [-0.4, -0.2) is 63.8 Å². The van der Waals surface area contributed by atoms with Gasteiger partial charge in [-0.25, -0.2) is 0 Å². The first-order valence-electron chi connectivity index (χ1n) is 10.3. The van der Waals surface area contributed by atoms with Crippen LogP contribution in [0.25, 0.3) is 0 Å². The Morgan fingerprint density at radius 3 is 2.00 bits per heavy atom. The number of phenolic OH excluding ortho intramolecular Hbond substituents is 1. The minimum atomic E-state index is -1.22. The van der Waals surface area contributed by atoms with Gasteiger partial charge in [-0.15, -0.1) is 0 Å². The number of nitrogens with two attached hydrogens (primary N) is 1. The summed E-state index contributed by atoms with van der Waals surface area (Å²) in [5, 5.41) is 25.8. The average Bonchev–Trinajstić information content (AvgIpc) is 2.76. The van der Waals surface area contributed by atoms with Gasteiger partial charge in [0, 0.05) is 12.2 Å². The van der Waals surface area contributed by atoms with Crippen LogP contribution >= 0.6 is 12.6 Å². The van der Waals surface area contributed by atoms with Gasteiger partial charge in [0.1, 0.15) is 23.9 Å². The lowest BCUT2D eigenvalue weighted by atomic mass is 9.98. The van der Waals surface area contributed by atoms with Crippen molar-refractivity contribution in [3.05, 3.63) is 29.8 Å². The number of benzene rings is 1. The maximum atomic E-state index is 13.0. The molecule has 11 heteroatoms. The van der Waals surface area contributed by atoms with Crippen LogP contribution in [0.1, 0.15) is 32.8 Å². The molecule has 0 aliphatic rings. The van der Waals surface area contributed by atoms with Gasteiger partial charge in [0.05, 0.1) is 6.04 Å². The van der Waals surface area contributed by atoms with Crippen LogP contribution in [0.4, 0.5) is 0 Å². The van der Waals surface area contributed by atoms with Gasteiger partial charge in [-0.1, -0.05) is 32.4 Å². The summed E-state index contributed by atoms with van der Waals surface area (Å²) in [5.74, 6) is -3.24. The normalized spacial score (nSPS) is 15.5. The standard InChI is InChI=1S/C21H32N4O6S/c1-4-11(2)17(22)20(29)24-15(9-13-5-7-14(26)8-6-13)18(27)25-16(10-32)19(28)23-12(3)21(30)31/h5-8,11-12,15-17,26,32H,4,9-10,22H2,1-3H3,(H,23,28)(H,24,29)(H,25,27)(H,30,31). The van der Waals surface area contributed by atoms with E-state index in [1.54, 1.807) is 12.1 Å². The number of rotatable bonds is 12. The largest absolute Gasteiger partial charge is 0.508 e. The number of carboxylic acid groups (broad SMARTS) is 1. The fourth-order valence-corrected chi connectivity index (χ4v) is 2.96. The van der Waals surface area contributed by atoms with Crippen molar-refractivity contribution in [2.45, 2.75) is 57.8 Å². The monoisotopic (exact) mass is 468 g/mol. The van der Waals surface area contributed by atoms with E-state index < -0.39 is 47.9 Å². The van der Waals surface area contributed by atoms with E-state index in [0.29, 0.717) is 12.0 Å². The fraction of sp³-hybridized carbons (Fsp3) is 0.524. The van der Waals surface area contributed by atoms with E-state index in [4.69, 9.17) is 10.8 Å². The van der Waals surface area contributed by atoms with Gasteiger partial charge in [-0.05, 0) is 30.5 Å². The van der Waals surface area contributed by atoms with E-state index in [1.807, 2.05) is 13.8 Å². The van der Waals surface area contributed by atoms with Crippen molar-refractivity contribution in [2.24, 2.45) is 11.7 Å². The summed E-state index contributed by atoms with van der Waals surface area (Å²) < 4.78 is 0. The molecule has 1 rings (SSSR count). The average molecular weight is 469 g/mol. The molecule has 7 N–H and O–H groups in total. The third-order valence-corrected chi connectivity index (χ3v) is 5.48. The second-order valence-corrected chi connectivity index (χ2v) is 8.02. The molecule has 0 bridgehead atoms. The fourth-order valence-electron chi connectivity index (χ4n) is 2.70. The third-order valence-electron chi connectivity index (χ3n) is 5.11. The SMILES string of the molecule is CCC(C)C(N)C(=O)NC(Cc1ccc(O)cc1)C(=O)NC(CS)C(=O)NC(C)C(=O)O. The molecule has 178 valence electrons. The molecule has 0 radical (unpaired) electrons. The number of hydrogen-bond donors (Lipinski definition) is 7. The molecule has 0 aliphatic carbocycles. The number of nitrogens with one attached hydrogen (secondary N) is 3. The van der Waals surface area contributed by atoms with Crippen molar-refractivity contribution in [3.63, 3.8) is 0 Å². The van der Waals surface area contributed by atoms with Crippen LogP contribution in [-0.2, 0) is 25.6 Å². The predicted molar refractivity (Wildman–Crippen MR) is 122 cm³/mol. The molecular weight excluding hydrogens is 436 g/mol. The number of phenols is 1. The maximum Gasteiger partial charge on any atom is 0.325 e. The summed E-state index contributed by atoms with van der Waals surface area (Å²) in [5.41, 5.74) is 6.64. The van der Waals surface area contributed by atoms with E-state index in [2.05, 4.69) is 28.6 Å². The molecule has 0 heterocycles. The van der Waals surface area contributed by atoms with Crippen molar-refractivity contribution in [3.8, 4) is 5.75 Å². The highest BCUT2D eigenvalue weighted by Gasteiger charge is 2.30. The molecule has 32 heavy (non-hydrogen) atoms. The minimum Gasteiger partial charge on any atom is -0.508 e. The van der Waals surface area contributed by atoms with Crippen molar-refractivity contribution in [2.75, 3.05) is 5.75 Å². The Hall–Kier alpha value is -2.79. The number of hydrogen-bond acceptors (Lipinski definition) is 7. The number of aromatic hydroxyl groups is 1. The van der Waals surface area contributed by atoms with Gasteiger partial charge in [0.15, 0.2) is 0 Å². The van der Waals surface area contributed by atoms with Gasteiger partial charge in [-0.3, -0.25) is 19.2 Å². The summed E-state index contributed by atoms with van der Waals surface area (Å²) in [6, 6.07) is 1.96. The Bertz CT molecular complexity index is 804. The van der Waals surface area contributed by atoms with Crippen molar-refractivity contribution < 1.29 is 29.4 Å². The molecule has 1 aromatic carbocycles. The summed E-state index contributed by atoms with van der Waals surface area (Å²) in [4.78, 5) is 48.9. The van der Waals surface area contributed by atoms with Gasteiger partial charge in [0.2, 0.25) is 17.7 Å². The van der Waals surface area contributed by atoms with E-state index in [0.717, 1.165) is 0 Å². The van der Waals surface area contributed by atoms with Gasteiger partial charge < -0.3 is 31.9 Å². The Balaban J connectivity index is 3.01. The predicted octanol–water partition coefficient (Wildman–Crippen LogP) is -0.203. The highest BCUT2D eigenvalue weighted by atomic mass is 32.1. The molecule has 10 nitrogen and oxygen atoms in total. The number of carbonyl (C=O) groups excluding carboxylic acids is 3. The zero-order chi connectivity index (χ0) is 24.4. The molecule has 0 aliphatic heterocycles. The zero-order valence-electron chi connectivity index (χ0n) is 18.4. The molecule has 0 saturated heterocycles. The van der Waals surface area contributed by atoms with E-state index in [-0.39, 0.29) is 23.8 Å². The molecule has 1 aromatic rings. The van der Waals surface area contributed by atoms with Crippen molar-refractivity contribution in [1.82, 2.24) is 16.0 Å². The Kier molecular flexibility index (Phi) is 11.0. The van der Waals surface area contributed by atoms with E-state index >= 15 is 0 Å². The van der Waals surface area contributed by atoms with Crippen LogP contribution in [0.5, 0.6) is 5.75 Å². The lowest BCUT2D eigenvalue weighted by molar-refractivity contribution is -0.141. The van der Waals surface area contributed by atoms with Crippen LogP contribution < -0.4 is 21.7 Å². The topological polar surface area (TPSA) is 171 Å². The second kappa shape index (κ2) is 12.9. The minimum absolute atomic E-state index is 0.0527. The smallest absolute Gasteiger partial charge is 0.325 e. The lowest BCUT2D eigenvalue weighted by Gasteiger charge is -2.25. The molecule has 3 amide bonds. The molecule has 5 unspecified atom stereocenters. The molecule has 0 fully saturated rings. The van der Waals surface area contributed by atoms with Crippen molar-refractivity contribution >= 4 is 36.3 Å². The molecule has 0 aromatic heterocycles. The first kappa shape index (κ1) is 27.2. The number of carboxylic acids is 1. The summed E-state index contributed by atoms with van der Waals surface area (Å²) >= 11 is 4.07. The molecule has 0 saturated carbocycles. The summed E-state index contributed by atoms with van der Waals surface area (Å²) in [7, 11) is 0. The quantitative estimate of drug-likeness (QED) is 0.208. The summed E-state index contributed by atoms with van der Waals surface area (Å²) in [6.45, 7) is 5.01. The highest BCUT2D eigenvalue weighted by Crippen LogP contribution is 2.12. The first-order valence-corrected chi connectivity index (χ1v) is 10.9. The number of thiol groups is 1. The van der Waals surface area contributed by atoms with E-state index in [1.165, 1.54) is 19.1 Å². The highest BCUT2D eigenvalue weighted by molar-refractivity contribution is 7.80. The third kappa shape index (κ3) is 8.39. The Morgan fingerprint density at radius 1 is 0.969 bits per heavy atom. The number of aliphatic carboxylic acids is 1. The Labute approximate surface area is 192 Å². The van der Waals surface area contributed by atoms with Crippen LogP contribution in [0, 0.1) is 5.92 Å². The molecular formula is C21H32N4O6S. The van der Waals surface area contributed by atoms with Crippen molar-refractivity contribution in [1.29, 1.82) is 0 Å². The summed E-state index contributed by atoms with van der Waals surface area (Å²) in [6.07, 6.45) is 0.755. The van der Waals surface area contributed by atoms with Gasteiger partial charge >= 0.3 is 5.97 Å². The second-order valence-electron chi connectivity index (χ2n) is 7.66. The van der Waals surface area contributed by atoms with Crippen LogP contribution in [0.3, 0.4) is 0 Å². The zero-order valence-corrected chi connectivity index (χ0v) is 19.3. The van der Waals surface area contributed by atoms with Gasteiger partial charge in [-0.2, -0.15) is 12.6 Å². The first-order chi connectivity index (χ1) is 15.0. The molecule has 5 atom stereocenters. The number of amides is 3. The number of carbonyl (C=O) groups is 4. The lowest BCUT2D eigenvalue weighted by Crippen LogP contribution is -2.58. The van der Waals surface area contributed by atoms with Gasteiger partial charge in [0.25, 0.3) is 0 Å². The molecule has 0 spiro atoms. The maximum absolute atomic E-state index is 13.0. The van der Waals surface area contributed by atoms with Crippen LogP contribution in [0.15, 0.2) is 24.3 Å². The van der Waals surface area contributed by atoms with E-state index in [9.17, 15) is 24.3 Å². The van der Waals surface area contributed by atoms with Crippen LogP contribution in [0.2, 0.25) is 0 Å². The Morgan fingerprint density at radius 2 is 1.50 bits per heavy atom.